The van der Waals surface area contributed by atoms with Gasteiger partial charge in [0.1, 0.15) is 12.0 Å². The SMILES string of the molecule is CC1(C)CC(=O)C2=C(C1)N(c1ccccc1)C(c1ccc(Br)cc1)N(c1ccc(F)cc1)C2. The van der Waals surface area contributed by atoms with E-state index in [1.165, 1.54) is 12.1 Å². The highest BCUT2D eigenvalue weighted by Crippen LogP contribution is 2.48. The van der Waals surface area contributed by atoms with Gasteiger partial charge in [0.05, 0.1) is 6.54 Å². The smallest absolute Gasteiger partial charge is 0.162 e. The molecule has 3 aromatic rings. The summed E-state index contributed by atoms with van der Waals surface area (Å²) in [5.41, 5.74) is 4.87. The van der Waals surface area contributed by atoms with Crippen LogP contribution in [0.2, 0.25) is 0 Å². The fourth-order valence-corrected chi connectivity index (χ4v) is 5.26. The van der Waals surface area contributed by atoms with Crippen LogP contribution in [-0.2, 0) is 4.79 Å². The lowest BCUT2D eigenvalue weighted by atomic mass is 9.74. The largest absolute Gasteiger partial charge is 0.342 e. The molecule has 0 fully saturated rings. The van der Waals surface area contributed by atoms with Gasteiger partial charge in [-0.1, -0.05) is 60.1 Å². The van der Waals surface area contributed by atoms with Gasteiger partial charge in [-0.05, 0) is 65.9 Å². The Bertz CT molecular complexity index is 1200. The maximum Gasteiger partial charge on any atom is 0.162 e. The highest BCUT2D eigenvalue weighted by Gasteiger charge is 2.43. The van der Waals surface area contributed by atoms with E-state index >= 15 is 0 Å². The molecule has 0 spiro atoms. The Morgan fingerprint density at radius 3 is 2.21 bits per heavy atom. The summed E-state index contributed by atoms with van der Waals surface area (Å²) in [4.78, 5) is 17.9. The van der Waals surface area contributed by atoms with Crippen molar-refractivity contribution in [3.8, 4) is 0 Å². The Morgan fingerprint density at radius 2 is 1.55 bits per heavy atom. The number of benzene rings is 3. The molecule has 1 unspecified atom stereocenters. The zero-order chi connectivity index (χ0) is 23.2. The van der Waals surface area contributed by atoms with Gasteiger partial charge >= 0.3 is 0 Å². The Labute approximate surface area is 202 Å². The minimum absolute atomic E-state index is 0.106. The highest BCUT2D eigenvalue weighted by atomic mass is 79.9. The van der Waals surface area contributed by atoms with Crippen molar-refractivity contribution >= 4 is 33.1 Å². The summed E-state index contributed by atoms with van der Waals surface area (Å²) in [7, 11) is 0. The average Bonchev–Trinajstić information content (AvgIpc) is 2.79. The maximum atomic E-state index is 13.8. The second kappa shape index (κ2) is 8.45. The highest BCUT2D eigenvalue weighted by molar-refractivity contribution is 9.10. The molecule has 1 heterocycles. The van der Waals surface area contributed by atoms with E-state index in [-0.39, 0.29) is 23.2 Å². The number of carbonyl (C=O) groups is 1. The summed E-state index contributed by atoms with van der Waals surface area (Å²) in [6.45, 7) is 4.83. The van der Waals surface area contributed by atoms with Gasteiger partial charge in [-0.25, -0.2) is 4.39 Å². The molecule has 0 aromatic heterocycles. The Balaban J connectivity index is 1.75. The second-order valence-electron chi connectivity index (χ2n) is 9.60. The fourth-order valence-electron chi connectivity index (χ4n) is 4.99. The number of hydrogen-bond donors (Lipinski definition) is 0. The average molecular weight is 505 g/mol. The lowest BCUT2D eigenvalue weighted by Gasteiger charge is -2.51. The standard InChI is InChI=1S/C28H26BrFN2O/c1-28(2)16-25-24(26(33)17-28)18-31(22-14-12-21(30)13-15-22)27(19-8-10-20(29)11-9-19)32(25)23-6-4-3-5-7-23/h3-15,27H,16-18H2,1-2H3. The third-order valence-corrected chi connectivity index (χ3v) is 7.02. The van der Waals surface area contributed by atoms with Gasteiger partial charge in [0.2, 0.25) is 0 Å². The van der Waals surface area contributed by atoms with Gasteiger partial charge in [0.15, 0.2) is 5.78 Å². The maximum absolute atomic E-state index is 13.8. The molecule has 2 aliphatic rings. The molecular formula is C28H26BrFN2O. The van der Waals surface area contributed by atoms with Crippen molar-refractivity contribution in [2.45, 2.75) is 32.9 Å². The van der Waals surface area contributed by atoms with Crippen LogP contribution >= 0.6 is 15.9 Å². The summed E-state index contributed by atoms with van der Waals surface area (Å²) >= 11 is 3.55. The van der Waals surface area contributed by atoms with Crippen molar-refractivity contribution in [3.63, 3.8) is 0 Å². The molecule has 168 valence electrons. The third kappa shape index (κ3) is 4.22. The molecule has 1 aliphatic carbocycles. The van der Waals surface area contributed by atoms with Crippen molar-refractivity contribution in [1.82, 2.24) is 0 Å². The molecule has 0 N–H and O–H groups in total. The van der Waals surface area contributed by atoms with Gasteiger partial charge in [0.25, 0.3) is 0 Å². The summed E-state index contributed by atoms with van der Waals surface area (Å²) in [5.74, 6) is -0.0742. The van der Waals surface area contributed by atoms with Crippen LogP contribution in [0.1, 0.15) is 38.4 Å². The zero-order valence-corrected chi connectivity index (χ0v) is 20.3. The topological polar surface area (TPSA) is 23.6 Å². The number of Topliss-reactive ketones (excluding diaryl/α,β-unsaturated/α-hetero) is 1. The second-order valence-corrected chi connectivity index (χ2v) is 10.5. The molecule has 0 bridgehead atoms. The minimum Gasteiger partial charge on any atom is -0.342 e. The number of halogens is 2. The van der Waals surface area contributed by atoms with Crippen LogP contribution in [0, 0.1) is 11.2 Å². The lowest BCUT2D eigenvalue weighted by Crippen LogP contribution is -2.51. The van der Waals surface area contributed by atoms with Gasteiger partial charge in [-0.3, -0.25) is 4.79 Å². The summed E-state index contributed by atoms with van der Waals surface area (Å²) in [5, 5.41) is 0. The minimum atomic E-state index is -0.272. The molecule has 0 amide bonds. The number of rotatable bonds is 3. The van der Waals surface area contributed by atoms with E-state index in [1.807, 2.05) is 30.3 Å². The first-order valence-electron chi connectivity index (χ1n) is 11.2. The number of para-hydroxylation sites is 1. The lowest BCUT2D eigenvalue weighted by molar-refractivity contribution is -0.118. The Kier molecular flexibility index (Phi) is 5.61. The number of nitrogens with zero attached hydrogens (tertiary/aromatic N) is 2. The van der Waals surface area contributed by atoms with Crippen LogP contribution in [0.3, 0.4) is 0 Å². The molecule has 3 nitrogen and oxygen atoms in total. The van der Waals surface area contributed by atoms with Gasteiger partial charge < -0.3 is 9.80 Å². The zero-order valence-electron chi connectivity index (χ0n) is 18.8. The summed E-state index contributed by atoms with van der Waals surface area (Å²) < 4.78 is 14.8. The van der Waals surface area contributed by atoms with Crippen molar-refractivity contribution in [1.29, 1.82) is 0 Å². The van der Waals surface area contributed by atoms with Crippen LogP contribution in [0.4, 0.5) is 15.8 Å². The van der Waals surface area contributed by atoms with Crippen molar-refractivity contribution < 1.29 is 9.18 Å². The van der Waals surface area contributed by atoms with E-state index in [1.54, 1.807) is 12.1 Å². The van der Waals surface area contributed by atoms with E-state index in [4.69, 9.17) is 0 Å². The number of anilines is 2. The fraction of sp³-hybridized carbons (Fsp3) is 0.250. The van der Waals surface area contributed by atoms with Crippen molar-refractivity contribution in [3.05, 3.63) is 106 Å². The van der Waals surface area contributed by atoms with Gasteiger partial charge in [-0.2, -0.15) is 0 Å². The number of carbonyl (C=O) groups excluding carboxylic acids is 1. The Hall–Kier alpha value is -2.92. The van der Waals surface area contributed by atoms with Crippen LogP contribution in [0.15, 0.2) is 94.6 Å². The van der Waals surface area contributed by atoms with E-state index in [9.17, 15) is 9.18 Å². The first-order valence-corrected chi connectivity index (χ1v) is 12.0. The van der Waals surface area contributed by atoms with E-state index in [2.05, 4.69) is 63.8 Å². The number of allylic oxidation sites excluding steroid dienone is 1. The van der Waals surface area contributed by atoms with E-state index < -0.39 is 0 Å². The molecule has 0 radical (unpaired) electrons. The normalized spacial score (nSPS) is 20.1. The van der Waals surface area contributed by atoms with Crippen molar-refractivity contribution in [2.75, 3.05) is 16.3 Å². The number of ketones is 1. The van der Waals surface area contributed by atoms with E-state index in [0.717, 1.165) is 39.1 Å². The molecule has 1 atom stereocenters. The first kappa shape index (κ1) is 21.9. The predicted molar refractivity (Wildman–Crippen MR) is 135 cm³/mol. The Morgan fingerprint density at radius 1 is 0.879 bits per heavy atom. The predicted octanol–water partition coefficient (Wildman–Crippen LogP) is 7.26. The molecular weight excluding hydrogens is 479 g/mol. The van der Waals surface area contributed by atoms with Crippen LogP contribution in [0.5, 0.6) is 0 Å². The first-order chi connectivity index (χ1) is 15.8. The molecule has 3 aromatic carbocycles. The summed E-state index contributed by atoms with van der Waals surface area (Å²) in [6.07, 6.45) is 1.19. The molecule has 0 saturated heterocycles. The van der Waals surface area contributed by atoms with Gasteiger partial charge in [-0.15, -0.1) is 0 Å². The molecule has 5 rings (SSSR count). The molecule has 0 saturated carbocycles. The quantitative estimate of drug-likeness (QED) is 0.375. The number of hydrogen-bond acceptors (Lipinski definition) is 3. The summed E-state index contributed by atoms with van der Waals surface area (Å²) in [6, 6.07) is 25.1. The third-order valence-electron chi connectivity index (χ3n) is 6.49. The van der Waals surface area contributed by atoms with Crippen LogP contribution in [0.25, 0.3) is 0 Å². The molecule has 1 aliphatic heterocycles. The molecule has 5 heteroatoms. The van der Waals surface area contributed by atoms with Crippen LogP contribution in [-0.4, -0.2) is 12.3 Å². The molecule has 33 heavy (non-hydrogen) atoms. The van der Waals surface area contributed by atoms with Crippen LogP contribution < -0.4 is 9.80 Å². The van der Waals surface area contributed by atoms with E-state index in [0.29, 0.717) is 13.0 Å². The van der Waals surface area contributed by atoms with Crippen molar-refractivity contribution in [2.24, 2.45) is 5.41 Å². The monoisotopic (exact) mass is 504 g/mol. The van der Waals surface area contributed by atoms with Gasteiger partial charge in [0, 0.05) is 33.5 Å².